The maximum absolute atomic E-state index is 13.1. The van der Waals surface area contributed by atoms with Crippen molar-refractivity contribution in [1.82, 2.24) is 14.7 Å². The van der Waals surface area contributed by atoms with Crippen LogP contribution in [0.15, 0.2) is 30.5 Å². The van der Waals surface area contributed by atoms with E-state index in [4.69, 9.17) is 0 Å². The highest BCUT2D eigenvalue weighted by atomic mass is 16.2. The first-order valence-corrected chi connectivity index (χ1v) is 10.1. The molecule has 0 spiro atoms. The smallest absolute Gasteiger partial charge is 0.228 e. The summed E-state index contributed by atoms with van der Waals surface area (Å²) in [4.78, 5) is 29.5. The van der Waals surface area contributed by atoms with Crippen LogP contribution in [-0.4, -0.2) is 46.1 Å². The molecule has 0 aliphatic carbocycles. The van der Waals surface area contributed by atoms with Crippen LogP contribution >= 0.6 is 0 Å². The summed E-state index contributed by atoms with van der Waals surface area (Å²) >= 11 is 0. The fourth-order valence-electron chi connectivity index (χ4n) is 4.34. The number of nitrogens with zero attached hydrogens (tertiary/aromatic N) is 4. The van der Waals surface area contributed by atoms with Gasteiger partial charge in [-0.05, 0) is 56.0 Å². The van der Waals surface area contributed by atoms with Gasteiger partial charge in [-0.15, -0.1) is 0 Å². The highest BCUT2D eigenvalue weighted by Gasteiger charge is 2.38. The SMILES string of the molecule is Cc1ccc(N2CC(C(=O)N3CCCC(c4ccn(C)n4)C3)CC2=O)cc1C. The lowest BCUT2D eigenvalue weighted by molar-refractivity contribution is -0.137. The van der Waals surface area contributed by atoms with E-state index in [2.05, 4.69) is 12.0 Å². The number of benzene rings is 1. The van der Waals surface area contributed by atoms with Crippen molar-refractivity contribution in [3.05, 3.63) is 47.3 Å². The number of hydrogen-bond acceptors (Lipinski definition) is 3. The molecule has 0 N–H and O–H groups in total. The summed E-state index contributed by atoms with van der Waals surface area (Å²) in [7, 11) is 1.92. The Morgan fingerprint density at radius 2 is 1.96 bits per heavy atom. The third-order valence-electron chi connectivity index (χ3n) is 6.16. The Hall–Kier alpha value is -2.63. The molecule has 2 fully saturated rings. The number of piperidine rings is 1. The van der Waals surface area contributed by atoms with Gasteiger partial charge in [0.15, 0.2) is 0 Å². The third-order valence-corrected chi connectivity index (χ3v) is 6.16. The van der Waals surface area contributed by atoms with Crippen LogP contribution in [0.5, 0.6) is 0 Å². The molecule has 6 nitrogen and oxygen atoms in total. The molecule has 2 unspecified atom stereocenters. The summed E-state index contributed by atoms with van der Waals surface area (Å²) in [5.41, 5.74) is 4.32. The van der Waals surface area contributed by atoms with Crippen LogP contribution in [0.25, 0.3) is 0 Å². The number of likely N-dealkylation sites (tertiary alicyclic amines) is 1. The van der Waals surface area contributed by atoms with Gasteiger partial charge >= 0.3 is 0 Å². The lowest BCUT2D eigenvalue weighted by atomic mass is 9.93. The first-order valence-electron chi connectivity index (χ1n) is 10.1. The molecule has 2 saturated heterocycles. The summed E-state index contributed by atoms with van der Waals surface area (Å²) in [5, 5.41) is 4.52. The summed E-state index contributed by atoms with van der Waals surface area (Å²) in [6, 6.07) is 8.09. The van der Waals surface area contributed by atoms with E-state index < -0.39 is 0 Å². The second kappa shape index (κ2) is 7.41. The van der Waals surface area contributed by atoms with Crippen molar-refractivity contribution in [2.24, 2.45) is 13.0 Å². The molecule has 2 aromatic rings. The van der Waals surface area contributed by atoms with E-state index in [0.29, 0.717) is 19.5 Å². The lowest BCUT2D eigenvalue weighted by Crippen LogP contribution is -2.43. The van der Waals surface area contributed by atoms with Crippen molar-refractivity contribution in [3.8, 4) is 0 Å². The predicted octanol–water partition coefficient (Wildman–Crippen LogP) is 2.80. The zero-order valence-electron chi connectivity index (χ0n) is 16.9. The monoisotopic (exact) mass is 380 g/mol. The summed E-state index contributed by atoms with van der Waals surface area (Å²) in [6.45, 7) is 6.06. The number of carbonyl (C=O) groups excluding carboxylic acids is 2. The molecule has 4 rings (SSSR count). The topological polar surface area (TPSA) is 58.4 Å². The quantitative estimate of drug-likeness (QED) is 0.823. The number of hydrogen-bond donors (Lipinski definition) is 0. The second-order valence-corrected chi connectivity index (χ2v) is 8.21. The minimum Gasteiger partial charge on any atom is -0.342 e. The Morgan fingerprint density at radius 3 is 2.68 bits per heavy atom. The summed E-state index contributed by atoms with van der Waals surface area (Å²) in [6.07, 6.45) is 4.29. The van der Waals surface area contributed by atoms with Crippen LogP contribution in [0.2, 0.25) is 0 Å². The summed E-state index contributed by atoms with van der Waals surface area (Å²) in [5.74, 6) is 0.184. The van der Waals surface area contributed by atoms with Crippen LogP contribution in [-0.2, 0) is 16.6 Å². The Kier molecular flexibility index (Phi) is 4.96. The average Bonchev–Trinajstić information content (AvgIpc) is 3.29. The molecule has 0 radical (unpaired) electrons. The van der Waals surface area contributed by atoms with Gasteiger partial charge in [0.05, 0.1) is 11.6 Å². The molecule has 0 saturated carbocycles. The molecule has 1 aromatic heterocycles. The van der Waals surface area contributed by atoms with Gasteiger partial charge in [0.25, 0.3) is 0 Å². The van der Waals surface area contributed by atoms with Crippen molar-refractivity contribution in [3.63, 3.8) is 0 Å². The van der Waals surface area contributed by atoms with Crippen LogP contribution in [0.3, 0.4) is 0 Å². The van der Waals surface area contributed by atoms with E-state index >= 15 is 0 Å². The average molecular weight is 380 g/mol. The maximum Gasteiger partial charge on any atom is 0.228 e. The third kappa shape index (κ3) is 3.55. The van der Waals surface area contributed by atoms with Crippen LogP contribution < -0.4 is 4.90 Å². The largest absolute Gasteiger partial charge is 0.342 e. The van der Waals surface area contributed by atoms with E-state index in [1.54, 1.807) is 4.90 Å². The van der Waals surface area contributed by atoms with Crippen LogP contribution in [0, 0.1) is 19.8 Å². The number of carbonyl (C=O) groups is 2. The Labute approximate surface area is 166 Å². The van der Waals surface area contributed by atoms with Crippen molar-refractivity contribution < 1.29 is 9.59 Å². The molecule has 6 heteroatoms. The first kappa shape index (κ1) is 18.7. The zero-order valence-corrected chi connectivity index (χ0v) is 16.9. The predicted molar refractivity (Wildman–Crippen MR) is 108 cm³/mol. The Morgan fingerprint density at radius 1 is 1.14 bits per heavy atom. The van der Waals surface area contributed by atoms with Gasteiger partial charge in [0.2, 0.25) is 11.8 Å². The van der Waals surface area contributed by atoms with E-state index in [9.17, 15) is 9.59 Å². The van der Waals surface area contributed by atoms with Gasteiger partial charge < -0.3 is 9.80 Å². The maximum atomic E-state index is 13.1. The summed E-state index contributed by atoms with van der Waals surface area (Å²) < 4.78 is 1.81. The number of aryl methyl sites for hydroxylation is 3. The highest BCUT2D eigenvalue weighted by molar-refractivity contribution is 6.00. The number of rotatable bonds is 3. The molecule has 1 aromatic carbocycles. The first-order chi connectivity index (χ1) is 13.4. The van der Waals surface area contributed by atoms with E-state index in [1.807, 2.05) is 54.0 Å². The molecule has 2 aliphatic rings. The van der Waals surface area contributed by atoms with Gasteiger partial charge in [-0.3, -0.25) is 14.3 Å². The van der Waals surface area contributed by atoms with Gasteiger partial charge in [-0.25, -0.2) is 0 Å². The van der Waals surface area contributed by atoms with Gasteiger partial charge in [0.1, 0.15) is 0 Å². The van der Waals surface area contributed by atoms with Crippen LogP contribution in [0.4, 0.5) is 5.69 Å². The normalized spacial score (nSPS) is 22.8. The highest BCUT2D eigenvalue weighted by Crippen LogP contribution is 2.31. The molecule has 2 amide bonds. The standard InChI is InChI=1S/C22H28N4O2/c1-15-6-7-19(11-16(15)2)26-14-18(12-21(26)27)22(28)25-9-4-5-17(13-25)20-8-10-24(3)23-20/h6-8,10-11,17-18H,4-5,9,12-14H2,1-3H3. The fraction of sp³-hybridized carbons (Fsp3) is 0.500. The zero-order chi connectivity index (χ0) is 19.8. The van der Waals surface area contributed by atoms with Crippen molar-refractivity contribution in [1.29, 1.82) is 0 Å². The molecule has 2 aliphatic heterocycles. The molecule has 28 heavy (non-hydrogen) atoms. The number of anilines is 1. The van der Waals surface area contributed by atoms with Gasteiger partial charge in [0, 0.05) is 50.9 Å². The molecular formula is C22H28N4O2. The van der Waals surface area contributed by atoms with Gasteiger partial charge in [-0.1, -0.05) is 6.07 Å². The van der Waals surface area contributed by atoms with Crippen LogP contribution in [0.1, 0.15) is 42.0 Å². The van der Waals surface area contributed by atoms with E-state index in [1.165, 1.54) is 5.56 Å². The number of amides is 2. The Bertz CT molecular complexity index is 904. The minimum absolute atomic E-state index is 0.0416. The Balaban J connectivity index is 1.44. The minimum atomic E-state index is -0.253. The van der Waals surface area contributed by atoms with Crippen molar-refractivity contribution in [2.75, 3.05) is 24.5 Å². The molecule has 148 valence electrons. The van der Waals surface area contributed by atoms with E-state index in [0.717, 1.165) is 36.3 Å². The molecule has 0 bridgehead atoms. The number of aromatic nitrogens is 2. The van der Waals surface area contributed by atoms with E-state index in [-0.39, 0.29) is 23.7 Å². The molecule has 3 heterocycles. The molecular weight excluding hydrogens is 352 g/mol. The second-order valence-electron chi connectivity index (χ2n) is 8.21. The van der Waals surface area contributed by atoms with Gasteiger partial charge in [-0.2, -0.15) is 5.10 Å². The van der Waals surface area contributed by atoms with Crippen molar-refractivity contribution in [2.45, 2.75) is 39.0 Å². The lowest BCUT2D eigenvalue weighted by Gasteiger charge is -2.33. The fourth-order valence-corrected chi connectivity index (χ4v) is 4.34. The molecule has 2 atom stereocenters. The van der Waals surface area contributed by atoms with Crippen molar-refractivity contribution >= 4 is 17.5 Å².